The lowest BCUT2D eigenvalue weighted by Gasteiger charge is -2.41. The van der Waals surface area contributed by atoms with Gasteiger partial charge in [-0.1, -0.05) is 368 Å². The third-order valence-electron chi connectivity index (χ3n) is 23.5. The molecule has 3 rings (SSSR count). The van der Waals surface area contributed by atoms with Gasteiger partial charge in [0.1, 0.15) is 17.0 Å². The van der Waals surface area contributed by atoms with Crippen LogP contribution in [0.25, 0.3) is 0 Å². The predicted octanol–water partition coefficient (Wildman–Crippen LogP) is 37.1. The molecule has 12 heteroatoms. The van der Waals surface area contributed by atoms with E-state index in [9.17, 15) is 52.7 Å². The van der Waals surface area contributed by atoms with E-state index in [1.807, 2.05) is 27.7 Å². The van der Waals surface area contributed by atoms with E-state index in [4.69, 9.17) is 0 Å². The van der Waals surface area contributed by atoms with Crippen molar-refractivity contribution in [3.05, 3.63) is 0 Å². The minimum Gasteiger partial charge on any atom is -0.244 e. The molecule has 0 N–H and O–H groups in total. The van der Waals surface area contributed by atoms with Crippen molar-refractivity contribution in [3.8, 4) is 0 Å². The lowest BCUT2D eigenvalue weighted by atomic mass is 9.65. The van der Waals surface area contributed by atoms with Crippen molar-refractivity contribution in [2.24, 2.45) is 95.1 Å². The Morgan fingerprint density at radius 1 is 0.317 bits per heavy atom. The van der Waals surface area contributed by atoms with Crippen molar-refractivity contribution in [1.82, 2.24) is 0 Å². The van der Waals surface area contributed by atoms with Crippen LogP contribution >= 0.6 is 0 Å². The van der Waals surface area contributed by atoms with Crippen LogP contribution in [-0.4, -0.2) is 35.5 Å². The summed E-state index contributed by atoms with van der Waals surface area (Å²) in [6.45, 7) is 93.6. The van der Waals surface area contributed by atoms with Crippen molar-refractivity contribution >= 4 is 0 Å². The molecule has 0 spiro atoms. The molecule has 3 fully saturated rings. The van der Waals surface area contributed by atoms with Crippen LogP contribution in [-0.2, 0) is 0 Å². The normalized spacial score (nSPS) is 17.5. The average Bonchev–Trinajstić information content (AvgIpc) is 0.939. The first-order valence-corrected chi connectivity index (χ1v) is 41.7. The summed E-state index contributed by atoms with van der Waals surface area (Å²) in [4.78, 5) is 0. The summed E-state index contributed by atoms with van der Waals surface area (Å²) in [5.74, 6) is 1.11. The highest BCUT2D eigenvalue weighted by molar-refractivity contribution is 4.90. The van der Waals surface area contributed by atoms with E-state index in [1.165, 1.54) is 79.1 Å². The van der Waals surface area contributed by atoms with Gasteiger partial charge in [0, 0.05) is 0 Å². The zero-order valence-electron chi connectivity index (χ0n) is 78.8. The molecule has 3 aliphatic carbocycles. The van der Waals surface area contributed by atoms with Gasteiger partial charge in [0.25, 0.3) is 0 Å². The van der Waals surface area contributed by atoms with E-state index in [0.29, 0.717) is 43.3 Å². The third kappa shape index (κ3) is 63.8. The van der Waals surface area contributed by atoms with Crippen molar-refractivity contribution < 1.29 is 52.7 Å². The fourth-order valence-electron chi connectivity index (χ4n) is 11.6. The SMILES string of the molecule is CC(C)(C)C.CC(C)C(C(C)C)C(C)(C)C(F)(F)F.CC(C)C(C)(C)C.CC1(C)CCC(C)(F)CC1.CC1(F)CCCC1.CC1(F)CCCCC1.CCC(C)(C(C)C)C(F)(F)F.CCC(C)(C)C.CCC(C)(CC)C(C)(C)C.CCC(C)(CC)C(F)(F)F.CCC(CC)C(C)(C)C.CCCC(C)(C)C. The fourth-order valence-corrected chi connectivity index (χ4v) is 11.6. The van der Waals surface area contributed by atoms with Gasteiger partial charge in [-0.05, 0) is 177 Å². The van der Waals surface area contributed by atoms with Crippen molar-refractivity contribution in [2.75, 3.05) is 0 Å². The Balaban J connectivity index is -0.000000136. The zero-order valence-corrected chi connectivity index (χ0v) is 78.8. The van der Waals surface area contributed by atoms with E-state index in [0.717, 1.165) is 88.9 Å². The Kier molecular flexibility index (Phi) is 60.4. The first-order chi connectivity index (χ1) is 45.4. The van der Waals surface area contributed by atoms with Gasteiger partial charge in [0.15, 0.2) is 0 Å². The summed E-state index contributed by atoms with van der Waals surface area (Å²) in [7, 11) is 0. The first-order valence-electron chi connectivity index (χ1n) is 41.7. The lowest BCUT2D eigenvalue weighted by molar-refractivity contribution is -0.239. The Labute approximate surface area is 646 Å². The van der Waals surface area contributed by atoms with Crippen molar-refractivity contribution in [3.63, 3.8) is 0 Å². The molecule has 3 saturated carbocycles. The topological polar surface area (TPSA) is 0 Å². The average molecular weight is 1520 g/mol. The van der Waals surface area contributed by atoms with Gasteiger partial charge in [-0.3, -0.25) is 0 Å². The van der Waals surface area contributed by atoms with Gasteiger partial charge in [-0.2, -0.15) is 39.5 Å². The first kappa shape index (κ1) is 121. The van der Waals surface area contributed by atoms with Crippen LogP contribution in [0.5, 0.6) is 0 Å². The Bertz CT molecular complexity index is 1880. The molecular formula is C92H190F12. The molecule has 0 nitrogen and oxygen atoms in total. The highest BCUT2D eigenvalue weighted by Gasteiger charge is 2.54. The van der Waals surface area contributed by atoms with E-state index in [2.05, 4.69) is 208 Å². The van der Waals surface area contributed by atoms with Crippen LogP contribution in [0.3, 0.4) is 0 Å². The summed E-state index contributed by atoms with van der Waals surface area (Å²) in [5, 5.41) is 0. The van der Waals surface area contributed by atoms with E-state index in [1.54, 1.807) is 55.4 Å². The predicted molar refractivity (Wildman–Crippen MR) is 445 cm³/mol. The number of hydrogen-bond donors (Lipinski definition) is 0. The monoisotopic (exact) mass is 1520 g/mol. The second-order valence-electron chi connectivity index (χ2n) is 42.7. The number of rotatable bonds is 12. The van der Waals surface area contributed by atoms with Crippen LogP contribution < -0.4 is 0 Å². The zero-order chi connectivity index (χ0) is 86.2. The van der Waals surface area contributed by atoms with Crippen molar-refractivity contribution in [2.45, 2.75) is 502 Å². The number of halogens is 12. The highest BCUT2D eigenvalue weighted by atomic mass is 19.4. The summed E-state index contributed by atoms with van der Waals surface area (Å²) in [6.07, 6.45) is 9.68. The Morgan fingerprint density at radius 2 is 0.587 bits per heavy atom. The van der Waals surface area contributed by atoms with Gasteiger partial charge >= 0.3 is 18.5 Å². The minimum absolute atomic E-state index is 0.0478. The maximum Gasteiger partial charge on any atom is 0.394 e. The number of alkyl halides is 12. The third-order valence-corrected chi connectivity index (χ3v) is 23.5. The molecule has 0 radical (unpaired) electrons. The summed E-state index contributed by atoms with van der Waals surface area (Å²) in [6, 6.07) is 0. The molecule has 1 unspecified atom stereocenters. The molecule has 0 aromatic rings. The van der Waals surface area contributed by atoms with Gasteiger partial charge in [0.05, 0.1) is 16.2 Å². The van der Waals surface area contributed by atoms with E-state index >= 15 is 0 Å². The van der Waals surface area contributed by atoms with Crippen LogP contribution in [0.2, 0.25) is 0 Å². The smallest absolute Gasteiger partial charge is 0.244 e. The molecule has 3 aliphatic rings. The Hall–Kier alpha value is -0.840. The maximum absolute atomic E-state index is 13.2. The minimum atomic E-state index is -4.12. The molecule has 642 valence electrons. The van der Waals surface area contributed by atoms with E-state index in [-0.39, 0.29) is 42.9 Å². The fraction of sp³-hybridized carbons (Fsp3) is 1.00. The van der Waals surface area contributed by atoms with E-state index < -0.39 is 51.8 Å². The van der Waals surface area contributed by atoms with Crippen molar-refractivity contribution in [1.29, 1.82) is 0 Å². The molecular weight excluding hydrogens is 1330 g/mol. The van der Waals surface area contributed by atoms with Gasteiger partial charge < -0.3 is 0 Å². The Morgan fingerprint density at radius 3 is 0.654 bits per heavy atom. The second-order valence-corrected chi connectivity index (χ2v) is 42.7. The molecule has 104 heavy (non-hydrogen) atoms. The van der Waals surface area contributed by atoms with Gasteiger partial charge in [0.2, 0.25) is 0 Å². The molecule has 0 saturated heterocycles. The van der Waals surface area contributed by atoms with Crippen LogP contribution in [0, 0.1) is 95.1 Å². The quantitative estimate of drug-likeness (QED) is 0.171. The van der Waals surface area contributed by atoms with Gasteiger partial charge in [-0.25, -0.2) is 13.2 Å². The molecule has 0 amide bonds. The molecule has 0 aliphatic heterocycles. The van der Waals surface area contributed by atoms with Crippen LogP contribution in [0.1, 0.15) is 466 Å². The summed E-state index contributed by atoms with van der Waals surface area (Å²) in [5.41, 5.74) is -3.11. The number of hydrogen-bond acceptors (Lipinski definition) is 0. The summed E-state index contributed by atoms with van der Waals surface area (Å²) >= 11 is 0. The molecule has 0 aromatic carbocycles. The molecule has 0 heterocycles. The second kappa shape index (κ2) is 51.7. The standard InChI is InChI=1S/C11H21F3.C10H22.C9H17F.C9H20.C8H15F3.C7H13F3.C7H13F.2C7H16.C6H11F.C6H14.C5H12/c1-7(2)9(8(3)4)10(5,6)11(12,13)14;1-7-10(6,8-2)9(3,4)5;1-8(2)4-6-9(3,10)7-5-8;1-6-8(7-2)9(3,4)5;1-5-7(4,6(2)3)8(9,10)11;1-4-6(3,5-2)7(8,9)10;1-7(8)5-3-2-4-6-7;1-6(2)7(3,4)5;1-5-6-7(2,3)4;1-6(7)4-2-3-5-6;1-5-6(2,3)4;1-5(2,3)4/h7-9H,1-6H3;7-8H2,1-6H3;4-7H2,1-3H3;8H,6-7H2,1-5H3;6H,5H2,1-4H3;4-5H2,1-3H3;2-6H2,1H3;6H,1-5H3;5-6H2,1-4H3;2-5H2,1H3;5H2,1-4H3;1-4H3. The van der Waals surface area contributed by atoms with Gasteiger partial charge in [-0.15, -0.1) is 0 Å². The molecule has 1 atom stereocenters. The largest absolute Gasteiger partial charge is 0.394 e. The van der Waals surface area contributed by atoms with Crippen LogP contribution in [0.15, 0.2) is 0 Å². The molecule has 0 aromatic heterocycles. The molecule has 0 bridgehead atoms. The highest BCUT2D eigenvalue weighted by Crippen LogP contribution is 2.50. The summed E-state index contributed by atoms with van der Waals surface area (Å²) < 4.78 is 150. The van der Waals surface area contributed by atoms with Crippen LogP contribution in [0.4, 0.5) is 52.7 Å². The lowest BCUT2D eigenvalue weighted by Crippen LogP contribution is -2.43. The maximum atomic E-state index is 13.2.